The quantitative estimate of drug-likeness (QED) is 0.859. The van der Waals surface area contributed by atoms with Crippen LogP contribution in [0.25, 0.3) is 0 Å². The maximum atomic E-state index is 13.2. The number of halogens is 1. The molecule has 25 heavy (non-hydrogen) atoms. The van der Waals surface area contributed by atoms with E-state index in [0.29, 0.717) is 17.4 Å². The van der Waals surface area contributed by atoms with Gasteiger partial charge in [0.15, 0.2) is 9.84 Å². The van der Waals surface area contributed by atoms with Gasteiger partial charge in [-0.05, 0) is 67.4 Å². The van der Waals surface area contributed by atoms with Gasteiger partial charge in [0.25, 0.3) is 0 Å². The fourth-order valence-electron chi connectivity index (χ4n) is 3.16. The van der Waals surface area contributed by atoms with Crippen LogP contribution in [0.3, 0.4) is 0 Å². The topological polar surface area (TPSA) is 49.4 Å². The lowest BCUT2D eigenvalue weighted by molar-refractivity contribution is 0.557. The van der Waals surface area contributed by atoms with Crippen LogP contribution in [-0.2, 0) is 16.4 Å². The molecule has 2 aromatic rings. The van der Waals surface area contributed by atoms with Crippen LogP contribution in [0.4, 0.5) is 10.1 Å². The number of anilines is 1. The fourth-order valence-corrected chi connectivity index (χ4v) is 3.79. The Morgan fingerprint density at radius 2 is 1.80 bits per heavy atom. The second-order valence-corrected chi connectivity index (χ2v) is 8.65. The smallest absolute Gasteiger partial charge is 0.175 e. The lowest BCUT2D eigenvalue weighted by Crippen LogP contribution is -2.30. The highest BCUT2D eigenvalue weighted by Crippen LogP contribution is 2.23. The molecule has 1 unspecified atom stereocenters. The zero-order chi connectivity index (χ0) is 17.9. The van der Waals surface area contributed by atoms with Crippen molar-refractivity contribution >= 4 is 15.5 Å². The first-order valence-electron chi connectivity index (χ1n) is 8.42. The predicted molar refractivity (Wildman–Crippen MR) is 98.0 cm³/mol. The summed E-state index contributed by atoms with van der Waals surface area (Å²) in [5, 5.41) is 3.37. The number of nitrogens with one attached hydrogen (secondary N) is 1. The van der Waals surface area contributed by atoms with Crippen molar-refractivity contribution in [2.45, 2.75) is 17.9 Å². The van der Waals surface area contributed by atoms with Crippen LogP contribution >= 0.6 is 0 Å². The van der Waals surface area contributed by atoms with Gasteiger partial charge in [-0.15, -0.1) is 0 Å². The van der Waals surface area contributed by atoms with E-state index in [-0.39, 0.29) is 5.82 Å². The molecule has 0 aliphatic carbocycles. The Kier molecular flexibility index (Phi) is 5.39. The highest BCUT2D eigenvalue weighted by molar-refractivity contribution is 7.90. The molecule has 0 aromatic heterocycles. The van der Waals surface area contributed by atoms with E-state index in [2.05, 4.69) is 10.2 Å². The van der Waals surface area contributed by atoms with E-state index in [9.17, 15) is 12.8 Å². The summed E-state index contributed by atoms with van der Waals surface area (Å²) < 4.78 is 36.5. The van der Waals surface area contributed by atoms with Crippen molar-refractivity contribution in [1.82, 2.24) is 5.32 Å². The highest BCUT2D eigenvalue weighted by Gasteiger charge is 2.19. The Morgan fingerprint density at radius 3 is 2.36 bits per heavy atom. The minimum Gasteiger partial charge on any atom is -0.367 e. The molecule has 1 N–H and O–H groups in total. The summed E-state index contributed by atoms with van der Waals surface area (Å²) in [6, 6.07) is 13.5. The number of sulfone groups is 1. The minimum absolute atomic E-state index is 0.243. The zero-order valence-corrected chi connectivity index (χ0v) is 15.1. The Morgan fingerprint density at radius 1 is 1.12 bits per heavy atom. The second-order valence-electron chi connectivity index (χ2n) is 6.63. The molecular formula is C19H23FN2O2S. The van der Waals surface area contributed by atoms with Crippen LogP contribution < -0.4 is 10.2 Å². The average Bonchev–Trinajstić information content (AvgIpc) is 3.09. The molecule has 2 aromatic carbocycles. The zero-order valence-electron chi connectivity index (χ0n) is 14.3. The van der Waals surface area contributed by atoms with E-state index in [1.54, 1.807) is 24.3 Å². The van der Waals surface area contributed by atoms with Crippen molar-refractivity contribution in [1.29, 1.82) is 0 Å². The van der Waals surface area contributed by atoms with Crippen LogP contribution in [0.5, 0.6) is 0 Å². The molecule has 1 atom stereocenters. The van der Waals surface area contributed by atoms with E-state index in [1.165, 1.54) is 18.4 Å². The van der Waals surface area contributed by atoms with Crippen molar-refractivity contribution in [2.24, 2.45) is 5.92 Å². The molecule has 0 saturated carbocycles. The SMILES string of the molecule is CS(=O)(=O)c1ccc(N(Cc2ccc(F)cc2)CC2CCNC2)cc1. The number of hydrogen-bond donors (Lipinski definition) is 1. The average molecular weight is 362 g/mol. The van der Waals surface area contributed by atoms with Gasteiger partial charge in [0.2, 0.25) is 0 Å². The van der Waals surface area contributed by atoms with E-state index in [4.69, 9.17) is 0 Å². The third-order valence-electron chi connectivity index (χ3n) is 4.56. The molecule has 4 nitrogen and oxygen atoms in total. The molecule has 6 heteroatoms. The molecule has 134 valence electrons. The van der Waals surface area contributed by atoms with E-state index < -0.39 is 9.84 Å². The summed E-state index contributed by atoms with van der Waals surface area (Å²) in [7, 11) is -3.20. The number of hydrogen-bond acceptors (Lipinski definition) is 4. The number of rotatable bonds is 6. The van der Waals surface area contributed by atoms with Gasteiger partial charge < -0.3 is 10.2 Å². The standard InChI is InChI=1S/C19H23FN2O2S/c1-25(23,24)19-8-6-18(7-9-19)22(14-16-10-11-21-12-16)13-15-2-4-17(20)5-3-15/h2-9,16,21H,10-14H2,1H3. The second kappa shape index (κ2) is 7.54. The third-order valence-corrected chi connectivity index (χ3v) is 5.69. The summed E-state index contributed by atoms with van der Waals surface area (Å²) in [5.41, 5.74) is 2.00. The molecule has 1 saturated heterocycles. The van der Waals surface area contributed by atoms with Gasteiger partial charge in [0.05, 0.1) is 4.90 Å². The van der Waals surface area contributed by atoms with Crippen LogP contribution in [0, 0.1) is 11.7 Å². The lowest BCUT2D eigenvalue weighted by Gasteiger charge is -2.28. The van der Waals surface area contributed by atoms with Crippen molar-refractivity contribution in [3.63, 3.8) is 0 Å². The van der Waals surface area contributed by atoms with Gasteiger partial charge in [-0.25, -0.2) is 12.8 Å². The number of benzene rings is 2. The van der Waals surface area contributed by atoms with Gasteiger partial charge in [0, 0.05) is 25.0 Å². The van der Waals surface area contributed by atoms with Crippen molar-refractivity contribution in [2.75, 3.05) is 30.8 Å². The summed E-state index contributed by atoms with van der Waals surface area (Å²) >= 11 is 0. The van der Waals surface area contributed by atoms with Gasteiger partial charge in [-0.1, -0.05) is 12.1 Å². The Hall–Kier alpha value is -1.92. The van der Waals surface area contributed by atoms with Crippen LogP contribution in [0.1, 0.15) is 12.0 Å². The molecule has 1 aliphatic rings. The largest absolute Gasteiger partial charge is 0.367 e. The number of nitrogens with zero attached hydrogens (tertiary/aromatic N) is 1. The van der Waals surface area contributed by atoms with Gasteiger partial charge in [-0.2, -0.15) is 0 Å². The minimum atomic E-state index is -3.20. The molecule has 0 amide bonds. The predicted octanol–water partition coefficient (Wildman–Crippen LogP) is 2.85. The molecule has 0 spiro atoms. The molecule has 0 bridgehead atoms. The van der Waals surface area contributed by atoms with Crippen molar-refractivity contribution in [3.05, 3.63) is 59.9 Å². The Bertz CT molecular complexity index is 798. The fraction of sp³-hybridized carbons (Fsp3) is 0.368. The maximum absolute atomic E-state index is 13.2. The van der Waals surface area contributed by atoms with E-state index in [1.807, 2.05) is 12.1 Å². The van der Waals surface area contributed by atoms with Gasteiger partial charge in [-0.3, -0.25) is 0 Å². The first-order valence-corrected chi connectivity index (χ1v) is 10.3. The third kappa shape index (κ3) is 4.80. The van der Waals surface area contributed by atoms with E-state index in [0.717, 1.165) is 37.3 Å². The molecule has 3 rings (SSSR count). The van der Waals surface area contributed by atoms with E-state index >= 15 is 0 Å². The van der Waals surface area contributed by atoms with Crippen LogP contribution in [0.2, 0.25) is 0 Å². The van der Waals surface area contributed by atoms with Crippen LogP contribution in [-0.4, -0.2) is 34.3 Å². The van der Waals surface area contributed by atoms with Crippen molar-refractivity contribution in [3.8, 4) is 0 Å². The Balaban J connectivity index is 1.83. The first-order chi connectivity index (χ1) is 11.9. The summed E-state index contributed by atoms with van der Waals surface area (Å²) in [6.07, 6.45) is 2.34. The van der Waals surface area contributed by atoms with Gasteiger partial charge in [0.1, 0.15) is 5.82 Å². The maximum Gasteiger partial charge on any atom is 0.175 e. The lowest BCUT2D eigenvalue weighted by atomic mass is 10.1. The summed E-state index contributed by atoms with van der Waals surface area (Å²) in [4.78, 5) is 2.55. The van der Waals surface area contributed by atoms with Gasteiger partial charge >= 0.3 is 0 Å². The molecule has 1 aliphatic heterocycles. The molecule has 1 heterocycles. The molecular weight excluding hydrogens is 339 g/mol. The highest BCUT2D eigenvalue weighted by atomic mass is 32.2. The van der Waals surface area contributed by atoms with Crippen LogP contribution in [0.15, 0.2) is 53.4 Å². The summed E-state index contributed by atoms with van der Waals surface area (Å²) in [5.74, 6) is 0.308. The normalized spacial score (nSPS) is 17.6. The Labute approximate surface area is 148 Å². The monoisotopic (exact) mass is 362 g/mol. The summed E-state index contributed by atoms with van der Waals surface area (Å²) in [6.45, 7) is 3.56. The molecule has 0 radical (unpaired) electrons. The molecule has 1 fully saturated rings. The first kappa shape index (κ1) is 17.9. The van der Waals surface area contributed by atoms with Crippen molar-refractivity contribution < 1.29 is 12.8 Å².